The number of rotatable bonds is 8. The molecular formula is C16H23NO2. The molecule has 0 fully saturated rings. The van der Waals surface area contributed by atoms with Crippen LogP contribution >= 0.6 is 0 Å². The molecule has 1 aromatic carbocycles. The van der Waals surface area contributed by atoms with E-state index in [1.807, 2.05) is 31.2 Å². The molecule has 0 bridgehead atoms. The SMILES string of the molecule is CCOc1ccc(OCCC(C#N)(CC)CC)cc1. The number of hydrogen-bond acceptors (Lipinski definition) is 3. The molecule has 3 heteroatoms. The lowest BCUT2D eigenvalue weighted by molar-refractivity contribution is 0.231. The first-order valence-corrected chi connectivity index (χ1v) is 6.96. The van der Waals surface area contributed by atoms with Gasteiger partial charge in [0.25, 0.3) is 0 Å². The molecule has 0 saturated carbocycles. The maximum absolute atomic E-state index is 9.25. The minimum Gasteiger partial charge on any atom is -0.494 e. The quantitative estimate of drug-likeness (QED) is 0.704. The number of benzene rings is 1. The third-order valence-corrected chi connectivity index (χ3v) is 3.57. The van der Waals surface area contributed by atoms with Crippen LogP contribution in [0.1, 0.15) is 40.0 Å². The summed E-state index contributed by atoms with van der Waals surface area (Å²) in [6.45, 7) is 7.32. The Kier molecular flexibility index (Phi) is 6.21. The molecular weight excluding hydrogens is 238 g/mol. The van der Waals surface area contributed by atoms with Gasteiger partial charge in [-0.25, -0.2) is 0 Å². The highest BCUT2D eigenvalue weighted by Crippen LogP contribution is 2.29. The first-order valence-electron chi connectivity index (χ1n) is 6.96. The Hall–Kier alpha value is -1.69. The Morgan fingerprint density at radius 2 is 1.53 bits per heavy atom. The molecule has 1 aromatic rings. The van der Waals surface area contributed by atoms with E-state index in [9.17, 15) is 5.26 Å². The van der Waals surface area contributed by atoms with Gasteiger partial charge < -0.3 is 9.47 Å². The Labute approximate surface area is 116 Å². The summed E-state index contributed by atoms with van der Waals surface area (Å²) in [5.74, 6) is 1.67. The van der Waals surface area contributed by atoms with E-state index >= 15 is 0 Å². The highest BCUT2D eigenvalue weighted by molar-refractivity contribution is 5.31. The molecule has 0 atom stereocenters. The Morgan fingerprint density at radius 1 is 1.00 bits per heavy atom. The van der Waals surface area contributed by atoms with E-state index in [0.29, 0.717) is 13.2 Å². The van der Waals surface area contributed by atoms with E-state index in [0.717, 1.165) is 30.8 Å². The van der Waals surface area contributed by atoms with Gasteiger partial charge in [0, 0.05) is 6.42 Å². The predicted octanol–water partition coefficient (Wildman–Crippen LogP) is 4.18. The zero-order valence-corrected chi connectivity index (χ0v) is 12.1. The van der Waals surface area contributed by atoms with Crippen molar-refractivity contribution in [2.75, 3.05) is 13.2 Å². The number of nitriles is 1. The monoisotopic (exact) mass is 261 g/mol. The van der Waals surface area contributed by atoms with E-state index in [2.05, 4.69) is 19.9 Å². The Bertz CT molecular complexity index is 402. The van der Waals surface area contributed by atoms with Crippen LogP contribution in [0.3, 0.4) is 0 Å². The van der Waals surface area contributed by atoms with Crippen molar-refractivity contribution >= 4 is 0 Å². The van der Waals surface area contributed by atoms with Gasteiger partial charge in [-0.05, 0) is 44.0 Å². The van der Waals surface area contributed by atoms with E-state index in [4.69, 9.17) is 9.47 Å². The van der Waals surface area contributed by atoms with E-state index in [1.54, 1.807) is 0 Å². The lowest BCUT2D eigenvalue weighted by Crippen LogP contribution is -2.19. The van der Waals surface area contributed by atoms with Gasteiger partial charge in [-0.3, -0.25) is 0 Å². The second-order valence-corrected chi connectivity index (χ2v) is 4.60. The molecule has 104 valence electrons. The standard InChI is InChI=1S/C16H23NO2/c1-4-16(5-2,13-17)11-12-19-15-9-7-14(8-10-15)18-6-3/h7-10H,4-6,11-12H2,1-3H3. The van der Waals surface area contributed by atoms with Crippen LogP contribution in [0.2, 0.25) is 0 Å². The van der Waals surface area contributed by atoms with Gasteiger partial charge in [-0.1, -0.05) is 13.8 Å². The van der Waals surface area contributed by atoms with Crippen LogP contribution in [0.25, 0.3) is 0 Å². The first-order chi connectivity index (χ1) is 9.19. The smallest absolute Gasteiger partial charge is 0.119 e. The van der Waals surface area contributed by atoms with Crippen LogP contribution in [-0.4, -0.2) is 13.2 Å². The van der Waals surface area contributed by atoms with Crippen molar-refractivity contribution in [2.45, 2.75) is 40.0 Å². The fourth-order valence-corrected chi connectivity index (χ4v) is 1.98. The zero-order valence-electron chi connectivity index (χ0n) is 12.1. The van der Waals surface area contributed by atoms with Gasteiger partial charge in [-0.15, -0.1) is 0 Å². The molecule has 0 amide bonds. The highest BCUT2D eigenvalue weighted by Gasteiger charge is 2.25. The van der Waals surface area contributed by atoms with Crippen molar-refractivity contribution in [1.82, 2.24) is 0 Å². The third-order valence-electron chi connectivity index (χ3n) is 3.57. The number of hydrogen-bond donors (Lipinski definition) is 0. The highest BCUT2D eigenvalue weighted by atomic mass is 16.5. The van der Waals surface area contributed by atoms with Crippen molar-refractivity contribution in [3.05, 3.63) is 24.3 Å². The minimum atomic E-state index is -0.245. The van der Waals surface area contributed by atoms with Gasteiger partial charge >= 0.3 is 0 Å². The summed E-state index contributed by atoms with van der Waals surface area (Å²) in [5, 5.41) is 9.25. The predicted molar refractivity (Wildman–Crippen MR) is 76.4 cm³/mol. The fraction of sp³-hybridized carbons (Fsp3) is 0.562. The summed E-state index contributed by atoms with van der Waals surface area (Å²) in [6, 6.07) is 10.0. The second-order valence-electron chi connectivity index (χ2n) is 4.60. The maximum Gasteiger partial charge on any atom is 0.119 e. The molecule has 0 aliphatic heterocycles. The molecule has 0 N–H and O–H groups in total. The Morgan fingerprint density at radius 3 is 1.95 bits per heavy atom. The largest absolute Gasteiger partial charge is 0.494 e. The summed E-state index contributed by atoms with van der Waals surface area (Å²) in [7, 11) is 0. The van der Waals surface area contributed by atoms with Crippen LogP contribution in [0.5, 0.6) is 11.5 Å². The molecule has 0 aromatic heterocycles. The molecule has 0 spiro atoms. The van der Waals surface area contributed by atoms with Crippen LogP contribution in [0.4, 0.5) is 0 Å². The maximum atomic E-state index is 9.25. The summed E-state index contributed by atoms with van der Waals surface area (Å²) >= 11 is 0. The average molecular weight is 261 g/mol. The molecule has 19 heavy (non-hydrogen) atoms. The van der Waals surface area contributed by atoms with Crippen molar-refractivity contribution in [3.8, 4) is 17.6 Å². The second kappa shape index (κ2) is 7.68. The van der Waals surface area contributed by atoms with Crippen molar-refractivity contribution in [3.63, 3.8) is 0 Å². The molecule has 0 aliphatic rings. The van der Waals surface area contributed by atoms with E-state index in [-0.39, 0.29) is 5.41 Å². The third kappa shape index (κ3) is 4.48. The molecule has 0 unspecified atom stereocenters. The van der Waals surface area contributed by atoms with Crippen molar-refractivity contribution in [2.24, 2.45) is 5.41 Å². The zero-order chi connectivity index (χ0) is 14.1. The average Bonchev–Trinajstić information content (AvgIpc) is 2.46. The van der Waals surface area contributed by atoms with Gasteiger partial charge in [-0.2, -0.15) is 5.26 Å². The van der Waals surface area contributed by atoms with Gasteiger partial charge in [0.1, 0.15) is 11.5 Å². The van der Waals surface area contributed by atoms with Crippen LogP contribution in [0.15, 0.2) is 24.3 Å². The topological polar surface area (TPSA) is 42.2 Å². The van der Waals surface area contributed by atoms with Gasteiger partial charge in [0.05, 0.1) is 24.7 Å². The molecule has 1 rings (SSSR count). The van der Waals surface area contributed by atoms with Crippen molar-refractivity contribution in [1.29, 1.82) is 5.26 Å². The lowest BCUT2D eigenvalue weighted by Gasteiger charge is -2.23. The first kappa shape index (κ1) is 15.4. The number of ether oxygens (including phenoxy) is 2. The summed E-state index contributed by atoms with van der Waals surface area (Å²) in [6.07, 6.45) is 2.50. The Balaban J connectivity index is 2.47. The normalized spacial score (nSPS) is 10.8. The van der Waals surface area contributed by atoms with E-state index < -0.39 is 0 Å². The molecule has 0 aliphatic carbocycles. The number of nitrogens with zero attached hydrogens (tertiary/aromatic N) is 1. The summed E-state index contributed by atoms with van der Waals surface area (Å²) in [5.41, 5.74) is -0.245. The summed E-state index contributed by atoms with van der Waals surface area (Å²) in [4.78, 5) is 0. The van der Waals surface area contributed by atoms with Crippen molar-refractivity contribution < 1.29 is 9.47 Å². The fourth-order valence-electron chi connectivity index (χ4n) is 1.98. The van der Waals surface area contributed by atoms with Gasteiger partial charge in [0.2, 0.25) is 0 Å². The molecule has 0 radical (unpaired) electrons. The minimum absolute atomic E-state index is 0.245. The van der Waals surface area contributed by atoms with Crippen LogP contribution < -0.4 is 9.47 Å². The van der Waals surface area contributed by atoms with Crippen LogP contribution in [-0.2, 0) is 0 Å². The molecule has 0 saturated heterocycles. The van der Waals surface area contributed by atoms with Crippen LogP contribution in [0, 0.1) is 16.7 Å². The molecule has 3 nitrogen and oxygen atoms in total. The summed E-state index contributed by atoms with van der Waals surface area (Å²) < 4.78 is 11.1. The molecule has 0 heterocycles. The van der Waals surface area contributed by atoms with Gasteiger partial charge in [0.15, 0.2) is 0 Å². The van der Waals surface area contributed by atoms with E-state index in [1.165, 1.54) is 0 Å². The lowest BCUT2D eigenvalue weighted by atomic mass is 9.81.